The molecule has 3 aliphatic heterocycles. The van der Waals surface area contributed by atoms with Gasteiger partial charge in [-0.2, -0.15) is 0 Å². The van der Waals surface area contributed by atoms with Crippen LogP contribution in [0.2, 0.25) is 0 Å². The van der Waals surface area contributed by atoms with Crippen molar-refractivity contribution < 1.29 is 19.1 Å². The number of hydrogen-bond donors (Lipinski definition) is 4. The van der Waals surface area contributed by atoms with E-state index in [0.717, 1.165) is 55.6 Å². The van der Waals surface area contributed by atoms with E-state index < -0.39 is 0 Å². The molecule has 1 aromatic rings. The predicted molar refractivity (Wildman–Crippen MR) is 149 cm³/mol. The summed E-state index contributed by atoms with van der Waals surface area (Å²) in [7, 11) is 0. The molecule has 10 heteroatoms. The lowest BCUT2D eigenvalue weighted by molar-refractivity contribution is -0.120. The SMILES string of the molecule is C=CC(=O)N[C@H]1CCCC[C@@H]1NC(=O)C1=C2NC(=O)N(c3ccc(OC(C)C)cc3C)C3CCNC(S1)C23. The van der Waals surface area contributed by atoms with E-state index in [9.17, 15) is 14.4 Å². The molecular formula is C28H37N5O4S. The normalized spacial score (nSPS) is 28.5. The minimum absolute atomic E-state index is 0.000856. The Bertz CT molecular complexity index is 1170. The second-order valence-corrected chi connectivity index (χ2v) is 11.9. The van der Waals surface area contributed by atoms with Crippen LogP contribution in [0.4, 0.5) is 10.5 Å². The highest BCUT2D eigenvalue weighted by atomic mass is 32.2. The van der Waals surface area contributed by atoms with Crippen LogP contribution in [0.25, 0.3) is 0 Å². The molecule has 3 fully saturated rings. The van der Waals surface area contributed by atoms with Crippen molar-refractivity contribution in [1.29, 1.82) is 0 Å². The molecule has 5 atom stereocenters. The van der Waals surface area contributed by atoms with E-state index in [2.05, 4.69) is 27.8 Å². The van der Waals surface area contributed by atoms with Gasteiger partial charge in [-0.05, 0) is 76.4 Å². The lowest BCUT2D eigenvalue weighted by Gasteiger charge is -2.46. The van der Waals surface area contributed by atoms with Gasteiger partial charge in [0.15, 0.2) is 0 Å². The summed E-state index contributed by atoms with van der Waals surface area (Å²) >= 11 is 1.49. The van der Waals surface area contributed by atoms with Crippen molar-refractivity contribution in [3.63, 3.8) is 0 Å². The van der Waals surface area contributed by atoms with Crippen molar-refractivity contribution >= 4 is 35.3 Å². The summed E-state index contributed by atoms with van der Waals surface area (Å²) in [5, 5.41) is 12.8. The molecule has 1 aromatic carbocycles. The van der Waals surface area contributed by atoms with Crippen molar-refractivity contribution in [2.24, 2.45) is 5.92 Å². The monoisotopic (exact) mass is 539 g/mol. The number of carbonyl (C=O) groups excluding carboxylic acids is 3. The van der Waals surface area contributed by atoms with Crippen LogP contribution in [0.15, 0.2) is 41.5 Å². The summed E-state index contributed by atoms with van der Waals surface area (Å²) in [6.07, 6.45) is 5.72. The fraction of sp³-hybridized carbons (Fsp3) is 0.536. The molecule has 3 unspecified atom stereocenters. The van der Waals surface area contributed by atoms with Gasteiger partial charge in [0.2, 0.25) is 5.91 Å². The van der Waals surface area contributed by atoms with Gasteiger partial charge in [0.1, 0.15) is 5.75 Å². The Hall–Kier alpha value is -2.98. The van der Waals surface area contributed by atoms with E-state index in [1.165, 1.54) is 17.8 Å². The van der Waals surface area contributed by atoms with E-state index in [1.807, 2.05) is 43.9 Å². The van der Waals surface area contributed by atoms with Gasteiger partial charge in [-0.1, -0.05) is 31.2 Å². The van der Waals surface area contributed by atoms with Crippen LogP contribution in [0.1, 0.15) is 51.5 Å². The molecule has 3 heterocycles. The number of amides is 4. The Morgan fingerprint density at radius 1 is 1.18 bits per heavy atom. The first kappa shape index (κ1) is 26.6. The van der Waals surface area contributed by atoms with E-state index in [1.54, 1.807) is 0 Å². The molecule has 4 N–H and O–H groups in total. The van der Waals surface area contributed by atoms with Gasteiger partial charge in [0.25, 0.3) is 5.91 Å². The highest BCUT2D eigenvalue weighted by Crippen LogP contribution is 2.48. The van der Waals surface area contributed by atoms with Crippen molar-refractivity contribution in [2.45, 2.75) is 82.5 Å². The first-order chi connectivity index (χ1) is 18.3. The molecule has 1 aliphatic carbocycles. The Balaban J connectivity index is 1.38. The summed E-state index contributed by atoms with van der Waals surface area (Å²) < 4.78 is 5.84. The summed E-state index contributed by atoms with van der Waals surface area (Å²) in [4.78, 5) is 41.5. The smallest absolute Gasteiger partial charge is 0.326 e. The molecule has 0 radical (unpaired) electrons. The van der Waals surface area contributed by atoms with Crippen LogP contribution < -0.4 is 30.9 Å². The number of nitrogens with zero attached hydrogens (tertiary/aromatic N) is 1. The molecule has 9 nitrogen and oxygen atoms in total. The first-order valence-electron chi connectivity index (χ1n) is 13.5. The van der Waals surface area contributed by atoms with Gasteiger partial charge in [0.05, 0.1) is 22.4 Å². The molecular weight excluding hydrogens is 502 g/mol. The molecule has 1 saturated carbocycles. The number of nitrogens with one attached hydrogen (secondary N) is 4. The number of piperidine rings is 1. The number of carbonyl (C=O) groups is 3. The molecule has 2 saturated heterocycles. The summed E-state index contributed by atoms with van der Waals surface area (Å²) in [5.74, 6) is 0.332. The van der Waals surface area contributed by atoms with Gasteiger partial charge in [0, 0.05) is 29.4 Å². The minimum Gasteiger partial charge on any atom is -0.491 e. The maximum Gasteiger partial charge on any atom is 0.326 e. The number of hydrogen-bond acceptors (Lipinski definition) is 6. The van der Waals surface area contributed by atoms with Crippen molar-refractivity contribution in [2.75, 3.05) is 11.4 Å². The Morgan fingerprint density at radius 2 is 1.92 bits per heavy atom. The third kappa shape index (κ3) is 5.16. The van der Waals surface area contributed by atoms with E-state index in [0.29, 0.717) is 10.6 Å². The second-order valence-electron chi connectivity index (χ2n) is 10.7. The topological polar surface area (TPSA) is 112 Å². The summed E-state index contributed by atoms with van der Waals surface area (Å²) in [6.45, 7) is 10.3. The lowest BCUT2D eigenvalue weighted by atomic mass is 9.86. The number of thioether (sulfide) groups is 1. The van der Waals surface area contributed by atoms with Gasteiger partial charge < -0.3 is 26.0 Å². The number of ether oxygens (including phenoxy) is 1. The minimum atomic E-state index is -0.231. The van der Waals surface area contributed by atoms with Crippen LogP contribution >= 0.6 is 11.8 Å². The number of urea groups is 1. The quantitative estimate of drug-likeness (QED) is 0.396. The average molecular weight is 540 g/mol. The fourth-order valence-electron chi connectivity index (χ4n) is 6.10. The van der Waals surface area contributed by atoms with Crippen molar-refractivity contribution in [3.8, 4) is 5.75 Å². The molecule has 0 aromatic heterocycles. The van der Waals surface area contributed by atoms with Crippen molar-refractivity contribution in [3.05, 3.63) is 47.0 Å². The zero-order chi connectivity index (χ0) is 27.0. The number of anilines is 1. The molecule has 204 valence electrons. The van der Waals surface area contributed by atoms with Gasteiger partial charge in [-0.15, -0.1) is 0 Å². The van der Waals surface area contributed by atoms with Gasteiger partial charge in [-0.3, -0.25) is 14.5 Å². The van der Waals surface area contributed by atoms with E-state index in [4.69, 9.17) is 4.74 Å². The summed E-state index contributed by atoms with van der Waals surface area (Å²) in [5.41, 5.74) is 2.53. The van der Waals surface area contributed by atoms with Crippen LogP contribution in [0.3, 0.4) is 0 Å². The van der Waals surface area contributed by atoms with Crippen LogP contribution in [-0.4, -0.2) is 54.0 Å². The van der Waals surface area contributed by atoms with Crippen LogP contribution in [0, 0.1) is 12.8 Å². The first-order valence-corrected chi connectivity index (χ1v) is 14.4. The van der Waals surface area contributed by atoms with E-state index >= 15 is 0 Å². The predicted octanol–water partition coefficient (Wildman–Crippen LogP) is 3.30. The molecule has 38 heavy (non-hydrogen) atoms. The zero-order valence-corrected chi connectivity index (χ0v) is 23.0. The molecule has 5 rings (SSSR count). The van der Waals surface area contributed by atoms with Crippen LogP contribution in [0.5, 0.6) is 5.75 Å². The molecule has 4 aliphatic rings. The number of aryl methyl sites for hydroxylation is 1. The second kappa shape index (κ2) is 11.0. The maximum absolute atomic E-state index is 13.6. The maximum atomic E-state index is 13.6. The largest absolute Gasteiger partial charge is 0.491 e. The average Bonchev–Trinajstić information content (AvgIpc) is 3.25. The van der Waals surface area contributed by atoms with Gasteiger partial charge >= 0.3 is 6.03 Å². The Labute approximate surface area is 228 Å². The van der Waals surface area contributed by atoms with Crippen molar-refractivity contribution in [1.82, 2.24) is 21.3 Å². The van der Waals surface area contributed by atoms with Gasteiger partial charge in [-0.25, -0.2) is 4.79 Å². The number of rotatable bonds is 7. The summed E-state index contributed by atoms with van der Waals surface area (Å²) in [6, 6.07) is 5.26. The molecule has 0 bridgehead atoms. The standard InChI is InChI=1S/C28H37N5O4S/c1-5-22(34)30-18-8-6-7-9-19(18)31-26(35)25-24-23-21(12-13-29-27(23)38-25)33(28(36)32-24)20-11-10-17(14-16(20)4)37-15(2)3/h5,10-11,14-15,18-19,21,23,27,29H,1,6-9,12-13H2,2-4H3,(H,30,34)(H,31,35)(H,32,36)/t18-,19-,21?,23?,27?/m0/s1. The lowest BCUT2D eigenvalue weighted by Crippen LogP contribution is -2.62. The zero-order valence-electron chi connectivity index (χ0n) is 22.2. The Morgan fingerprint density at radius 3 is 2.61 bits per heavy atom. The fourth-order valence-corrected chi connectivity index (χ4v) is 7.50. The third-order valence-electron chi connectivity index (χ3n) is 7.74. The third-order valence-corrected chi connectivity index (χ3v) is 9.10. The highest BCUT2D eigenvalue weighted by molar-refractivity contribution is 8.04. The van der Waals surface area contributed by atoms with Crippen LogP contribution in [-0.2, 0) is 9.59 Å². The van der Waals surface area contributed by atoms with E-state index in [-0.39, 0.29) is 53.4 Å². The molecule has 4 amide bonds. The Kier molecular flexibility index (Phi) is 7.72. The number of benzene rings is 1. The molecule has 0 spiro atoms. The highest BCUT2D eigenvalue weighted by Gasteiger charge is 2.52.